The Balaban J connectivity index is 2.04. The van der Waals surface area contributed by atoms with E-state index in [1.165, 1.54) is 0 Å². The van der Waals surface area contributed by atoms with Crippen LogP contribution >= 0.6 is 0 Å². The highest BCUT2D eigenvalue weighted by molar-refractivity contribution is 6.12. The third-order valence-corrected chi connectivity index (χ3v) is 4.24. The number of nitrogens with zero attached hydrogens (tertiary/aromatic N) is 5. The number of hydrogen-bond acceptors (Lipinski definition) is 4. The van der Waals surface area contributed by atoms with Crippen molar-refractivity contribution in [2.24, 2.45) is 7.05 Å². The van der Waals surface area contributed by atoms with Crippen molar-refractivity contribution in [2.75, 3.05) is 5.32 Å². The molecule has 3 aromatic rings. The van der Waals surface area contributed by atoms with Crippen LogP contribution in [-0.4, -0.2) is 30.5 Å². The van der Waals surface area contributed by atoms with Gasteiger partial charge in [-0.3, -0.25) is 9.48 Å². The topological polar surface area (TPSA) is 77.6 Å². The zero-order valence-corrected chi connectivity index (χ0v) is 15.4. The normalized spacial score (nSPS) is 11.2. The fourth-order valence-corrected chi connectivity index (χ4v) is 3.03. The molecule has 0 radical (unpaired) electrons. The van der Waals surface area contributed by atoms with Gasteiger partial charge in [0.1, 0.15) is 0 Å². The van der Waals surface area contributed by atoms with Gasteiger partial charge < -0.3 is 5.32 Å². The minimum atomic E-state index is -0.162. The summed E-state index contributed by atoms with van der Waals surface area (Å²) in [6.07, 6.45) is 3.91. The van der Waals surface area contributed by atoms with Crippen LogP contribution in [0.2, 0.25) is 0 Å². The Morgan fingerprint density at radius 1 is 1.20 bits per heavy atom. The molecular formula is C18H24N6O. The summed E-state index contributed by atoms with van der Waals surface area (Å²) in [5, 5.41) is 12.6. The lowest BCUT2D eigenvalue weighted by atomic mass is 10.1. The maximum atomic E-state index is 12.9. The molecule has 7 heteroatoms. The first-order valence-corrected chi connectivity index (χ1v) is 8.57. The zero-order valence-electron chi connectivity index (χ0n) is 15.4. The number of hydrogen-bond donors (Lipinski definition) is 1. The van der Waals surface area contributed by atoms with Crippen LogP contribution in [0.1, 0.15) is 47.2 Å². The molecular weight excluding hydrogens is 316 g/mol. The fourth-order valence-electron chi connectivity index (χ4n) is 3.03. The number of aromatic nitrogens is 5. The van der Waals surface area contributed by atoms with E-state index in [-0.39, 0.29) is 5.91 Å². The number of unbranched alkanes of at least 4 members (excludes halogenated alkanes) is 1. The van der Waals surface area contributed by atoms with E-state index >= 15 is 0 Å². The Morgan fingerprint density at radius 2 is 1.96 bits per heavy atom. The van der Waals surface area contributed by atoms with E-state index in [4.69, 9.17) is 0 Å². The Bertz CT molecular complexity index is 937. The Kier molecular flexibility index (Phi) is 4.57. The summed E-state index contributed by atoms with van der Waals surface area (Å²) in [4.78, 5) is 17.5. The lowest BCUT2D eigenvalue weighted by molar-refractivity contribution is 0.102. The summed E-state index contributed by atoms with van der Waals surface area (Å²) in [6, 6.07) is 1.82. The molecule has 0 bridgehead atoms. The van der Waals surface area contributed by atoms with Gasteiger partial charge in [-0.05, 0) is 33.3 Å². The third kappa shape index (κ3) is 3.26. The first-order chi connectivity index (χ1) is 11.9. The molecule has 0 aliphatic carbocycles. The minimum absolute atomic E-state index is 0.162. The van der Waals surface area contributed by atoms with Crippen molar-refractivity contribution in [3.8, 4) is 0 Å². The Hall–Kier alpha value is -2.70. The van der Waals surface area contributed by atoms with Gasteiger partial charge in [-0.15, -0.1) is 0 Å². The van der Waals surface area contributed by atoms with Crippen molar-refractivity contribution < 1.29 is 4.79 Å². The van der Waals surface area contributed by atoms with Gasteiger partial charge >= 0.3 is 0 Å². The van der Waals surface area contributed by atoms with Crippen LogP contribution in [0, 0.1) is 20.8 Å². The number of carbonyl (C=O) groups excluding carboxylic acids is 1. The highest BCUT2D eigenvalue weighted by Gasteiger charge is 2.19. The number of nitrogens with one attached hydrogen (secondary N) is 1. The molecule has 0 aliphatic heterocycles. The largest absolute Gasteiger partial charge is 0.319 e. The van der Waals surface area contributed by atoms with Gasteiger partial charge in [0.15, 0.2) is 5.65 Å². The van der Waals surface area contributed by atoms with Crippen LogP contribution in [0.15, 0.2) is 12.3 Å². The van der Waals surface area contributed by atoms with Crippen LogP contribution in [0.4, 0.5) is 5.69 Å². The van der Waals surface area contributed by atoms with E-state index in [9.17, 15) is 4.79 Å². The summed E-state index contributed by atoms with van der Waals surface area (Å²) >= 11 is 0. The third-order valence-electron chi connectivity index (χ3n) is 4.24. The first-order valence-electron chi connectivity index (χ1n) is 8.57. The van der Waals surface area contributed by atoms with Gasteiger partial charge in [0.2, 0.25) is 0 Å². The van der Waals surface area contributed by atoms with Crippen molar-refractivity contribution in [1.82, 2.24) is 24.5 Å². The molecule has 0 unspecified atom stereocenters. The van der Waals surface area contributed by atoms with Crippen molar-refractivity contribution >= 4 is 22.6 Å². The summed E-state index contributed by atoms with van der Waals surface area (Å²) in [7, 11) is 1.83. The zero-order chi connectivity index (χ0) is 18.1. The van der Waals surface area contributed by atoms with Gasteiger partial charge in [0.25, 0.3) is 5.91 Å². The quantitative estimate of drug-likeness (QED) is 0.774. The van der Waals surface area contributed by atoms with E-state index in [2.05, 4.69) is 27.4 Å². The predicted octanol–water partition coefficient (Wildman–Crippen LogP) is 3.14. The van der Waals surface area contributed by atoms with E-state index in [1.54, 1.807) is 10.9 Å². The second-order valence-corrected chi connectivity index (χ2v) is 6.43. The Morgan fingerprint density at radius 3 is 2.60 bits per heavy atom. The number of anilines is 1. The van der Waals surface area contributed by atoms with Gasteiger partial charge in [0, 0.05) is 25.5 Å². The van der Waals surface area contributed by atoms with Crippen LogP contribution in [-0.2, 0) is 13.6 Å². The van der Waals surface area contributed by atoms with Crippen molar-refractivity contribution in [3.05, 3.63) is 34.9 Å². The highest BCUT2D eigenvalue weighted by Crippen LogP contribution is 2.24. The monoisotopic (exact) mass is 340 g/mol. The number of rotatable bonds is 5. The molecule has 132 valence electrons. The average Bonchev–Trinajstić information content (AvgIpc) is 3.03. The van der Waals surface area contributed by atoms with E-state index in [0.717, 1.165) is 47.5 Å². The van der Waals surface area contributed by atoms with Crippen LogP contribution in [0.5, 0.6) is 0 Å². The predicted molar refractivity (Wildman–Crippen MR) is 97.8 cm³/mol. The molecule has 3 heterocycles. The molecule has 0 atom stereocenters. The highest BCUT2D eigenvalue weighted by atomic mass is 16.1. The SMILES string of the molecule is CCCCn1nc(C)c2c(C(=O)Nc3cn(C)nc3C)cc(C)nc21. The molecule has 0 aliphatic rings. The van der Waals surface area contributed by atoms with Crippen LogP contribution < -0.4 is 5.32 Å². The number of aryl methyl sites for hydroxylation is 5. The molecule has 0 saturated heterocycles. The second kappa shape index (κ2) is 6.66. The summed E-state index contributed by atoms with van der Waals surface area (Å²) in [5.41, 5.74) is 4.51. The maximum absolute atomic E-state index is 12.9. The minimum Gasteiger partial charge on any atom is -0.319 e. The number of fused-ring (bicyclic) bond motifs is 1. The molecule has 3 rings (SSSR count). The number of amides is 1. The standard InChI is InChI=1S/C18H24N6O/c1-6-7-8-24-17-16(13(4)22-24)14(9-11(2)19-17)18(25)20-15-10-23(5)21-12(15)3/h9-10H,6-8H2,1-5H3,(H,20,25). The van der Waals surface area contributed by atoms with Gasteiger partial charge in [0.05, 0.1) is 28.0 Å². The van der Waals surface area contributed by atoms with Crippen LogP contribution in [0.25, 0.3) is 11.0 Å². The smallest absolute Gasteiger partial charge is 0.256 e. The Labute approximate surface area is 147 Å². The van der Waals surface area contributed by atoms with Crippen molar-refractivity contribution in [1.29, 1.82) is 0 Å². The molecule has 0 spiro atoms. The molecule has 0 aromatic carbocycles. The fraction of sp³-hybridized carbons (Fsp3) is 0.444. The molecule has 1 amide bonds. The van der Waals surface area contributed by atoms with Gasteiger partial charge in [-0.2, -0.15) is 10.2 Å². The lowest BCUT2D eigenvalue weighted by Crippen LogP contribution is -2.14. The molecule has 1 N–H and O–H groups in total. The van der Waals surface area contributed by atoms with E-state index < -0.39 is 0 Å². The molecule has 25 heavy (non-hydrogen) atoms. The second-order valence-electron chi connectivity index (χ2n) is 6.43. The summed E-state index contributed by atoms with van der Waals surface area (Å²) in [5.74, 6) is -0.162. The lowest BCUT2D eigenvalue weighted by Gasteiger charge is -2.07. The first kappa shape index (κ1) is 17.1. The molecule has 0 saturated carbocycles. The number of pyridine rings is 1. The number of carbonyl (C=O) groups is 1. The average molecular weight is 340 g/mol. The van der Waals surface area contributed by atoms with Gasteiger partial charge in [-0.1, -0.05) is 13.3 Å². The van der Waals surface area contributed by atoms with Crippen LogP contribution in [0.3, 0.4) is 0 Å². The maximum Gasteiger partial charge on any atom is 0.256 e. The van der Waals surface area contributed by atoms with Crippen molar-refractivity contribution in [3.63, 3.8) is 0 Å². The van der Waals surface area contributed by atoms with Crippen molar-refractivity contribution in [2.45, 2.75) is 47.1 Å². The van der Waals surface area contributed by atoms with E-state index in [1.807, 2.05) is 38.6 Å². The summed E-state index contributed by atoms with van der Waals surface area (Å²) in [6.45, 7) is 8.65. The molecule has 0 fully saturated rings. The van der Waals surface area contributed by atoms with E-state index in [0.29, 0.717) is 11.3 Å². The summed E-state index contributed by atoms with van der Waals surface area (Å²) < 4.78 is 3.60. The molecule has 3 aromatic heterocycles. The van der Waals surface area contributed by atoms with Gasteiger partial charge in [-0.25, -0.2) is 9.67 Å². The molecule has 7 nitrogen and oxygen atoms in total.